The van der Waals surface area contributed by atoms with Crippen LogP contribution in [0.4, 0.5) is 0 Å². The summed E-state index contributed by atoms with van der Waals surface area (Å²) in [5.41, 5.74) is 0.971. The molecule has 3 rings (SSSR count). The number of hydrogen-bond donors (Lipinski definition) is 1. The van der Waals surface area contributed by atoms with E-state index in [1.165, 1.54) is 0 Å². The van der Waals surface area contributed by atoms with E-state index in [4.69, 9.17) is 0 Å². The van der Waals surface area contributed by atoms with Crippen LogP contribution in [-0.2, 0) is 0 Å². The van der Waals surface area contributed by atoms with Crippen LogP contribution in [0.3, 0.4) is 0 Å². The molecule has 0 radical (unpaired) electrons. The summed E-state index contributed by atoms with van der Waals surface area (Å²) in [6.07, 6.45) is 2.70. The third-order valence-electron chi connectivity index (χ3n) is 4.75. The van der Waals surface area contributed by atoms with E-state index in [1.807, 2.05) is 30.1 Å². The number of nitrogens with zero attached hydrogens (tertiary/aromatic N) is 4. The van der Waals surface area contributed by atoms with Crippen LogP contribution in [0.15, 0.2) is 24.4 Å². The van der Waals surface area contributed by atoms with E-state index >= 15 is 0 Å². The van der Waals surface area contributed by atoms with Crippen LogP contribution in [0.1, 0.15) is 41.4 Å². The van der Waals surface area contributed by atoms with Gasteiger partial charge in [0.15, 0.2) is 5.69 Å². The van der Waals surface area contributed by atoms with Crippen LogP contribution >= 0.6 is 0 Å². The number of pyridine rings is 1. The molecule has 2 aromatic rings. The maximum atomic E-state index is 13.0. The summed E-state index contributed by atoms with van der Waals surface area (Å²) < 4.78 is 1.72. The zero-order valence-corrected chi connectivity index (χ0v) is 15.7. The molecule has 1 saturated heterocycles. The van der Waals surface area contributed by atoms with Crippen LogP contribution in [0.2, 0.25) is 0 Å². The standard InChI is InChI=1S/C19H27N5O2/c1-14(2)7-8-20-18(25)16-15-6-4-5-9-24(15)17(21-16)19(26)23-12-10-22(3)11-13-23/h4-6,9,14H,7-8,10-13H2,1-3H3,(H,20,25). The summed E-state index contributed by atoms with van der Waals surface area (Å²) in [5.74, 6) is 0.467. The Balaban J connectivity index is 1.85. The second kappa shape index (κ2) is 7.86. The number of rotatable bonds is 5. The van der Waals surface area contributed by atoms with Gasteiger partial charge in [-0.15, -0.1) is 0 Å². The van der Waals surface area contributed by atoms with Gasteiger partial charge < -0.3 is 15.1 Å². The minimum Gasteiger partial charge on any atom is -0.351 e. The van der Waals surface area contributed by atoms with Crippen molar-refractivity contribution >= 4 is 17.3 Å². The van der Waals surface area contributed by atoms with Crippen molar-refractivity contribution in [3.63, 3.8) is 0 Å². The van der Waals surface area contributed by atoms with Gasteiger partial charge in [-0.25, -0.2) is 4.98 Å². The van der Waals surface area contributed by atoms with Gasteiger partial charge >= 0.3 is 0 Å². The molecule has 0 aromatic carbocycles. The lowest BCUT2D eigenvalue weighted by atomic mass is 10.1. The van der Waals surface area contributed by atoms with E-state index in [2.05, 4.69) is 29.0 Å². The van der Waals surface area contributed by atoms with Gasteiger partial charge in [0.2, 0.25) is 5.82 Å². The normalized spacial score (nSPS) is 15.6. The number of hydrogen-bond acceptors (Lipinski definition) is 4. The topological polar surface area (TPSA) is 70.0 Å². The number of fused-ring (bicyclic) bond motifs is 1. The van der Waals surface area contributed by atoms with Gasteiger partial charge in [-0.3, -0.25) is 14.0 Å². The minimum atomic E-state index is -0.230. The van der Waals surface area contributed by atoms with Crippen LogP contribution in [0.5, 0.6) is 0 Å². The molecule has 2 aromatic heterocycles. The van der Waals surface area contributed by atoms with Crippen molar-refractivity contribution in [3.8, 4) is 0 Å². The van der Waals surface area contributed by atoms with Crippen molar-refractivity contribution in [1.82, 2.24) is 24.5 Å². The Morgan fingerprint density at radius 1 is 1.19 bits per heavy atom. The Morgan fingerprint density at radius 2 is 1.92 bits per heavy atom. The van der Waals surface area contributed by atoms with Crippen molar-refractivity contribution in [2.45, 2.75) is 20.3 Å². The summed E-state index contributed by atoms with van der Waals surface area (Å²) in [4.78, 5) is 34.0. The SMILES string of the molecule is CC(C)CCNC(=O)c1nc(C(=O)N2CCN(C)CC2)n2ccccc12. The van der Waals surface area contributed by atoms with Crippen LogP contribution in [0, 0.1) is 5.92 Å². The first-order chi connectivity index (χ1) is 12.5. The number of likely N-dealkylation sites (N-methyl/N-ethyl adjacent to an activating group) is 1. The molecular weight excluding hydrogens is 330 g/mol. The molecule has 1 fully saturated rings. The molecule has 0 unspecified atom stereocenters. The van der Waals surface area contributed by atoms with Crippen molar-refractivity contribution < 1.29 is 9.59 Å². The molecular formula is C19H27N5O2. The molecule has 3 heterocycles. The molecule has 0 bridgehead atoms. The molecule has 0 aliphatic carbocycles. The van der Waals surface area contributed by atoms with Crippen molar-refractivity contribution in [2.24, 2.45) is 5.92 Å². The minimum absolute atomic E-state index is 0.125. The second-order valence-electron chi connectivity index (χ2n) is 7.27. The van der Waals surface area contributed by atoms with E-state index in [0.717, 1.165) is 19.5 Å². The third-order valence-corrected chi connectivity index (χ3v) is 4.75. The number of carbonyl (C=O) groups excluding carboxylic acids is 2. The Labute approximate surface area is 154 Å². The Bertz CT molecular complexity index is 790. The van der Waals surface area contributed by atoms with Crippen molar-refractivity contribution in [1.29, 1.82) is 0 Å². The Morgan fingerprint density at radius 3 is 2.62 bits per heavy atom. The molecule has 1 aliphatic rings. The maximum absolute atomic E-state index is 13.0. The molecule has 0 saturated carbocycles. The molecule has 7 nitrogen and oxygen atoms in total. The quantitative estimate of drug-likeness (QED) is 0.880. The number of piperazine rings is 1. The summed E-state index contributed by atoms with van der Waals surface area (Å²) in [6, 6.07) is 5.52. The van der Waals surface area contributed by atoms with E-state index < -0.39 is 0 Å². The van der Waals surface area contributed by atoms with Gasteiger partial charge in [-0.05, 0) is 31.5 Å². The van der Waals surface area contributed by atoms with Gasteiger partial charge in [-0.1, -0.05) is 19.9 Å². The van der Waals surface area contributed by atoms with Crippen molar-refractivity contribution in [2.75, 3.05) is 39.8 Å². The highest BCUT2D eigenvalue weighted by Gasteiger charge is 2.26. The summed E-state index contributed by atoms with van der Waals surface area (Å²) in [5, 5.41) is 2.91. The highest BCUT2D eigenvalue weighted by molar-refractivity contribution is 6.02. The van der Waals surface area contributed by atoms with Crippen LogP contribution in [-0.4, -0.2) is 70.8 Å². The fourth-order valence-electron chi connectivity index (χ4n) is 3.06. The first-order valence-electron chi connectivity index (χ1n) is 9.20. The second-order valence-corrected chi connectivity index (χ2v) is 7.27. The first-order valence-corrected chi connectivity index (χ1v) is 9.20. The average molecular weight is 357 g/mol. The van der Waals surface area contributed by atoms with E-state index in [0.29, 0.717) is 42.6 Å². The number of amides is 2. The van der Waals surface area contributed by atoms with Crippen molar-refractivity contribution in [3.05, 3.63) is 35.9 Å². The number of carbonyl (C=O) groups is 2. The monoisotopic (exact) mass is 357 g/mol. The van der Waals surface area contributed by atoms with Gasteiger partial charge in [-0.2, -0.15) is 0 Å². The zero-order chi connectivity index (χ0) is 18.7. The molecule has 0 spiro atoms. The molecule has 1 aliphatic heterocycles. The predicted octanol–water partition coefficient (Wildman–Crippen LogP) is 1.50. The van der Waals surface area contributed by atoms with Crippen LogP contribution in [0.25, 0.3) is 5.52 Å². The van der Waals surface area contributed by atoms with Gasteiger partial charge in [0, 0.05) is 38.9 Å². The van der Waals surface area contributed by atoms with E-state index in [9.17, 15) is 9.59 Å². The fourth-order valence-corrected chi connectivity index (χ4v) is 3.06. The predicted molar refractivity (Wildman–Crippen MR) is 100 cm³/mol. The van der Waals surface area contributed by atoms with Gasteiger partial charge in [0.1, 0.15) is 0 Å². The number of aromatic nitrogens is 2. The first kappa shape index (κ1) is 18.4. The average Bonchev–Trinajstić information content (AvgIpc) is 3.01. The highest BCUT2D eigenvalue weighted by atomic mass is 16.2. The molecule has 7 heteroatoms. The molecule has 1 N–H and O–H groups in total. The smallest absolute Gasteiger partial charge is 0.290 e. The number of imidazole rings is 1. The Kier molecular flexibility index (Phi) is 5.56. The largest absolute Gasteiger partial charge is 0.351 e. The summed E-state index contributed by atoms with van der Waals surface area (Å²) in [7, 11) is 2.05. The van der Waals surface area contributed by atoms with Gasteiger partial charge in [0.05, 0.1) is 5.52 Å². The molecule has 26 heavy (non-hydrogen) atoms. The molecule has 0 atom stereocenters. The lowest BCUT2D eigenvalue weighted by Crippen LogP contribution is -2.47. The summed E-state index contributed by atoms with van der Waals surface area (Å²) in [6.45, 7) is 7.87. The lowest BCUT2D eigenvalue weighted by Gasteiger charge is -2.31. The maximum Gasteiger partial charge on any atom is 0.290 e. The zero-order valence-electron chi connectivity index (χ0n) is 15.7. The third kappa shape index (κ3) is 3.88. The number of nitrogens with one attached hydrogen (secondary N) is 1. The van der Waals surface area contributed by atoms with Crippen LogP contribution < -0.4 is 5.32 Å². The molecule has 140 valence electrons. The lowest BCUT2D eigenvalue weighted by molar-refractivity contribution is 0.0651. The summed E-state index contributed by atoms with van der Waals surface area (Å²) >= 11 is 0. The fraction of sp³-hybridized carbons (Fsp3) is 0.526. The van der Waals surface area contributed by atoms with E-state index in [-0.39, 0.29) is 11.8 Å². The Hall–Kier alpha value is -2.41. The van der Waals surface area contributed by atoms with E-state index in [1.54, 1.807) is 10.6 Å². The van der Waals surface area contributed by atoms with Gasteiger partial charge in [0.25, 0.3) is 11.8 Å². The molecule has 2 amide bonds. The highest BCUT2D eigenvalue weighted by Crippen LogP contribution is 2.16.